The average molecular weight is 881 g/mol. The first-order chi connectivity index (χ1) is 34.2. The molecule has 6 nitrogen and oxygen atoms in total. The first-order valence-electron chi connectivity index (χ1n) is 23.4. The second-order valence-corrected chi connectivity index (χ2v) is 17.6. The van der Waals surface area contributed by atoms with Crippen LogP contribution in [0.25, 0.3) is 128 Å². The Morgan fingerprint density at radius 2 is 0.681 bits per heavy atom. The summed E-state index contributed by atoms with van der Waals surface area (Å²) in [4.78, 5) is 15.8. The molecule has 0 unspecified atom stereocenters. The van der Waals surface area contributed by atoms with E-state index in [0.29, 0.717) is 17.5 Å². The molecule has 0 spiro atoms. The van der Waals surface area contributed by atoms with Crippen LogP contribution in [-0.4, -0.2) is 28.7 Å². The minimum Gasteiger partial charge on any atom is -0.309 e. The number of fused-ring (bicyclic) bond motifs is 9. The Labute approximate surface area is 397 Å². The second kappa shape index (κ2) is 15.6. The van der Waals surface area contributed by atoms with Crippen molar-refractivity contribution in [2.24, 2.45) is 0 Å². The van der Waals surface area contributed by atoms with Gasteiger partial charge in [-0.3, -0.25) is 0 Å². The maximum atomic E-state index is 5.34. The summed E-state index contributed by atoms with van der Waals surface area (Å²) in [6.45, 7) is 0. The van der Waals surface area contributed by atoms with Crippen molar-refractivity contribution < 1.29 is 0 Å². The summed E-state index contributed by atoms with van der Waals surface area (Å²) < 4.78 is 7.24. The summed E-state index contributed by atoms with van der Waals surface area (Å²) in [5, 5.41) is 7.17. The van der Waals surface area contributed by atoms with Crippen LogP contribution in [0.2, 0.25) is 0 Å². The van der Waals surface area contributed by atoms with Gasteiger partial charge in [-0.15, -0.1) is 0 Å². The number of hydrogen-bond acceptors (Lipinski definition) is 3. The van der Waals surface area contributed by atoms with Crippen molar-refractivity contribution in [2.75, 3.05) is 0 Å². The minimum absolute atomic E-state index is 0.591. The first kappa shape index (κ1) is 38.8. The maximum Gasteiger partial charge on any atom is 0.166 e. The van der Waals surface area contributed by atoms with E-state index in [1.54, 1.807) is 0 Å². The molecule has 0 amide bonds. The lowest BCUT2D eigenvalue weighted by Gasteiger charge is -2.20. The van der Waals surface area contributed by atoms with Crippen molar-refractivity contribution in [1.29, 1.82) is 0 Å². The van der Waals surface area contributed by atoms with Crippen molar-refractivity contribution in [2.45, 2.75) is 0 Å². The first-order valence-corrected chi connectivity index (χ1v) is 23.4. The van der Waals surface area contributed by atoms with Gasteiger partial charge in [0.05, 0.1) is 44.5 Å². The summed E-state index contributed by atoms with van der Waals surface area (Å²) in [6, 6.07) is 86.4. The minimum atomic E-state index is 0.591. The molecule has 14 rings (SSSR count). The van der Waals surface area contributed by atoms with Crippen LogP contribution in [-0.2, 0) is 0 Å². The van der Waals surface area contributed by atoms with E-state index >= 15 is 0 Å². The lowest BCUT2D eigenvalue weighted by molar-refractivity contribution is 1.05. The molecule has 0 saturated carbocycles. The van der Waals surface area contributed by atoms with Crippen molar-refractivity contribution in [3.05, 3.63) is 243 Å². The van der Waals surface area contributed by atoms with Crippen molar-refractivity contribution in [1.82, 2.24) is 28.7 Å². The quantitative estimate of drug-likeness (QED) is 0.160. The Balaban J connectivity index is 1.04. The number of nitrogens with zero attached hydrogens (tertiary/aromatic N) is 6. The molecular formula is C63H40N6. The fourth-order valence-corrected chi connectivity index (χ4v) is 10.6. The van der Waals surface area contributed by atoms with E-state index in [-0.39, 0.29) is 0 Å². The molecule has 4 heterocycles. The molecule has 0 atom stereocenters. The van der Waals surface area contributed by atoms with Gasteiger partial charge >= 0.3 is 0 Å². The zero-order chi connectivity index (χ0) is 45.4. The Kier molecular flexibility index (Phi) is 8.79. The molecule has 0 aliphatic carbocycles. The molecule has 0 fully saturated rings. The predicted octanol–water partition coefficient (Wildman–Crippen LogP) is 15.8. The van der Waals surface area contributed by atoms with E-state index in [1.165, 1.54) is 43.4 Å². The van der Waals surface area contributed by atoms with Gasteiger partial charge in [-0.2, -0.15) is 0 Å². The molecule has 6 heteroatoms. The lowest BCUT2D eigenvalue weighted by Crippen LogP contribution is -2.08. The van der Waals surface area contributed by atoms with Crippen LogP contribution < -0.4 is 0 Å². The van der Waals surface area contributed by atoms with E-state index in [4.69, 9.17) is 15.0 Å². The van der Waals surface area contributed by atoms with Crippen LogP contribution in [0.5, 0.6) is 0 Å². The van der Waals surface area contributed by atoms with Gasteiger partial charge in [0, 0.05) is 54.7 Å². The molecule has 0 aliphatic heterocycles. The lowest BCUT2D eigenvalue weighted by atomic mass is 10.0. The highest BCUT2D eigenvalue weighted by molar-refractivity contribution is 6.14. The Bertz CT molecular complexity index is 4190. The zero-order valence-electron chi connectivity index (χ0n) is 37.3. The standard InChI is InChI=1S/C63H40N6/c1-4-19-41(20-5-1)61-64-62(42-21-6-2-7-22-42)66-63(65-61)51-29-18-34-58(60(51)69-55-32-16-11-25-46(55)47-26-12-17-33-56(47)69)68-54-31-15-13-28-49(54)52-39-43(36-38-57(52)68)44-35-37-50-48-27-10-14-30-53(48)67(59(50)40-44)45-23-8-3-9-24-45/h1-40H. The maximum absolute atomic E-state index is 5.34. The SMILES string of the molecule is c1ccc(-c2nc(-c3ccccc3)nc(-c3cccc(-n4c5ccccc5c5cc(-c6ccc7c8ccccc8n(-c8ccccc8)c7c6)ccc54)c3-n3c4ccccc4c4ccccc43)n2)cc1. The molecule has 322 valence electrons. The molecule has 10 aromatic carbocycles. The summed E-state index contributed by atoms with van der Waals surface area (Å²) >= 11 is 0. The highest BCUT2D eigenvalue weighted by Gasteiger charge is 2.25. The van der Waals surface area contributed by atoms with E-state index in [9.17, 15) is 0 Å². The van der Waals surface area contributed by atoms with E-state index < -0.39 is 0 Å². The second-order valence-electron chi connectivity index (χ2n) is 17.6. The molecule has 0 bridgehead atoms. The number of aromatic nitrogens is 6. The molecule has 69 heavy (non-hydrogen) atoms. The van der Waals surface area contributed by atoms with Crippen molar-refractivity contribution in [3.8, 4) is 62.4 Å². The van der Waals surface area contributed by atoms with Gasteiger partial charge in [-0.05, 0) is 77.9 Å². The van der Waals surface area contributed by atoms with Crippen LogP contribution in [0.1, 0.15) is 0 Å². The van der Waals surface area contributed by atoms with Crippen LogP contribution in [0.4, 0.5) is 0 Å². The van der Waals surface area contributed by atoms with Gasteiger partial charge in [0.2, 0.25) is 0 Å². The molecule has 4 aromatic heterocycles. The van der Waals surface area contributed by atoms with E-state index in [2.05, 4.69) is 220 Å². The van der Waals surface area contributed by atoms with Crippen LogP contribution >= 0.6 is 0 Å². The third-order valence-electron chi connectivity index (χ3n) is 13.7. The normalized spacial score (nSPS) is 11.8. The molecule has 14 aromatic rings. The van der Waals surface area contributed by atoms with Gasteiger partial charge in [0.15, 0.2) is 17.5 Å². The molecule has 0 saturated heterocycles. The van der Waals surface area contributed by atoms with Crippen molar-refractivity contribution in [3.63, 3.8) is 0 Å². The summed E-state index contributed by atoms with van der Waals surface area (Å²) in [5.74, 6) is 1.82. The molecular weight excluding hydrogens is 841 g/mol. The Morgan fingerprint density at radius 1 is 0.246 bits per heavy atom. The summed E-state index contributed by atoms with van der Waals surface area (Å²) in [6.07, 6.45) is 0. The summed E-state index contributed by atoms with van der Waals surface area (Å²) in [7, 11) is 0. The molecule has 0 radical (unpaired) electrons. The van der Waals surface area contributed by atoms with Crippen LogP contribution in [0.3, 0.4) is 0 Å². The van der Waals surface area contributed by atoms with E-state index in [1.807, 2.05) is 36.4 Å². The van der Waals surface area contributed by atoms with Crippen LogP contribution in [0, 0.1) is 0 Å². The van der Waals surface area contributed by atoms with Crippen molar-refractivity contribution >= 4 is 65.4 Å². The Morgan fingerprint density at radius 3 is 1.28 bits per heavy atom. The van der Waals surface area contributed by atoms with Gasteiger partial charge in [0.25, 0.3) is 0 Å². The molecule has 0 aliphatic rings. The van der Waals surface area contributed by atoms with Gasteiger partial charge < -0.3 is 13.7 Å². The molecule has 0 N–H and O–H groups in total. The largest absolute Gasteiger partial charge is 0.309 e. The smallest absolute Gasteiger partial charge is 0.166 e. The highest BCUT2D eigenvalue weighted by atomic mass is 15.1. The topological polar surface area (TPSA) is 53.5 Å². The number of benzene rings is 10. The third-order valence-corrected chi connectivity index (χ3v) is 13.7. The number of rotatable bonds is 7. The zero-order valence-corrected chi connectivity index (χ0v) is 37.3. The number of hydrogen-bond donors (Lipinski definition) is 0. The van der Waals surface area contributed by atoms with E-state index in [0.717, 1.165) is 66.9 Å². The fourth-order valence-electron chi connectivity index (χ4n) is 10.6. The van der Waals surface area contributed by atoms with Crippen LogP contribution in [0.15, 0.2) is 243 Å². The van der Waals surface area contributed by atoms with Gasteiger partial charge in [-0.25, -0.2) is 15.0 Å². The fraction of sp³-hybridized carbons (Fsp3) is 0. The number of para-hydroxylation sites is 6. The predicted molar refractivity (Wildman–Crippen MR) is 285 cm³/mol. The third kappa shape index (κ3) is 6.16. The van der Waals surface area contributed by atoms with Gasteiger partial charge in [-0.1, -0.05) is 176 Å². The monoisotopic (exact) mass is 880 g/mol. The van der Waals surface area contributed by atoms with Gasteiger partial charge in [0.1, 0.15) is 0 Å². The highest BCUT2D eigenvalue weighted by Crippen LogP contribution is 2.43. The Hall–Kier alpha value is -9.39. The average Bonchev–Trinajstić information content (AvgIpc) is 4.06. The summed E-state index contributed by atoms with van der Waals surface area (Å²) in [5.41, 5.74) is 15.0.